The van der Waals surface area contributed by atoms with E-state index in [0.717, 1.165) is 72.0 Å². The van der Waals surface area contributed by atoms with Crippen LogP contribution >= 0.6 is 38.5 Å². The quantitative estimate of drug-likeness (QED) is 0.0714. The standard InChI is InChI=1S/C20H14FIN2.C13H10BrF.C13H11F.C6H4BF2O2/c21-17-9-7-16(8-10-17)15-5-3-14(4-6-15)12-24-13-18(22)20-19(24)2-1-11-23-20;14-9-10-1-3-11(4-2-10)12-5-7-13(15)8-6-12;1-10-2-4-11(5-3-10)12-6-8-13(14)9-7-12;8-4-1-2-6(11-7-10)5(9)3-4/h1-11,13H,12H2;1-8H,9H2;2-9H,1H3;1-3,10H. The van der Waals surface area contributed by atoms with Crippen LogP contribution in [0, 0.1) is 39.6 Å². The van der Waals surface area contributed by atoms with Crippen LogP contribution in [0.4, 0.5) is 22.0 Å². The van der Waals surface area contributed by atoms with Gasteiger partial charge < -0.3 is 14.2 Å². The van der Waals surface area contributed by atoms with Gasteiger partial charge in [0.15, 0.2) is 5.82 Å². The molecule has 0 atom stereocenters. The summed E-state index contributed by atoms with van der Waals surface area (Å²) in [5.41, 5.74) is 12.3. The summed E-state index contributed by atoms with van der Waals surface area (Å²) in [6.07, 6.45) is 3.96. The number of halogens is 7. The summed E-state index contributed by atoms with van der Waals surface area (Å²) in [5.74, 6) is -2.35. The van der Waals surface area contributed by atoms with Crippen molar-refractivity contribution in [3.8, 4) is 39.1 Å². The normalized spacial score (nSPS) is 10.4. The van der Waals surface area contributed by atoms with Crippen LogP contribution in [-0.2, 0) is 11.9 Å². The minimum Gasteiger partial charge on any atom is -0.535 e. The zero-order chi connectivity index (χ0) is 45.4. The van der Waals surface area contributed by atoms with Gasteiger partial charge in [-0.25, -0.2) is 22.0 Å². The first-order valence-corrected chi connectivity index (χ1v) is 21.9. The molecule has 0 saturated heterocycles. The fourth-order valence-corrected chi connectivity index (χ4v) is 7.42. The van der Waals surface area contributed by atoms with E-state index in [1.165, 1.54) is 53.1 Å². The molecule has 9 aromatic rings. The van der Waals surface area contributed by atoms with E-state index < -0.39 is 11.6 Å². The summed E-state index contributed by atoms with van der Waals surface area (Å²) in [6, 6.07) is 51.3. The van der Waals surface area contributed by atoms with Crippen molar-refractivity contribution in [1.82, 2.24) is 9.55 Å². The number of aryl methyl sites for hydroxylation is 1. The van der Waals surface area contributed by atoms with Crippen LogP contribution < -0.4 is 4.65 Å². The van der Waals surface area contributed by atoms with E-state index in [4.69, 9.17) is 5.02 Å². The molecule has 0 aliphatic heterocycles. The van der Waals surface area contributed by atoms with Crippen LogP contribution in [0.5, 0.6) is 5.75 Å². The fraction of sp³-hybridized carbons (Fsp3) is 0.0577. The van der Waals surface area contributed by atoms with Crippen molar-refractivity contribution >= 4 is 57.2 Å². The number of nitrogens with zero attached hydrogens (tertiary/aromatic N) is 2. The van der Waals surface area contributed by atoms with Crippen LogP contribution in [0.1, 0.15) is 16.7 Å². The van der Waals surface area contributed by atoms with E-state index >= 15 is 0 Å². The Balaban J connectivity index is 0.000000149. The monoisotopic (exact) mass is 1040 g/mol. The minimum atomic E-state index is -0.852. The van der Waals surface area contributed by atoms with Crippen LogP contribution in [0.25, 0.3) is 44.4 Å². The first-order valence-electron chi connectivity index (χ1n) is 19.7. The third kappa shape index (κ3) is 13.7. The molecule has 321 valence electrons. The molecule has 0 amide bonds. The fourth-order valence-electron chi connectivity index (χ4n) is 6.30. The van der Waals surface area contributed by atoms with Crippen LogP contribution in [0.3, 0.4) is 0 Å². The molecule has 0 aliphatic carbocycles. The van der Waals surface area contributed by atoms with Gasteiger partial charge in [0.05, 0.1) is 9.09 Å². The molecule has 4 nitrogen and oxygen atoms in total. The lowest BCUT2D eigenvalue weighted by Gasteiger charge is -2.07. The van der Waals surface area contributed by atoms with Gasteiger partial charge in [0.2, 0.25) is 0 Å². The molecule has 0 unspecified atom stereocenters. The molecule has 64 heavy (non-hydrogen) atoms. The molecule has 2 heterocycles. The number of hydrogen-bond acceptors (Lipinski definition) is 3. The van der Waals surface area contributed by atoms with Crippen LogP contribution in [0.15, 0.2) is 188 Å². The second-order valence-electron chi connectivity index (χ2n) is 14.2. The summed E-state index contributed by atoms with van der Waals surface area (Å²) >= 11 is 5.72. The van der Waals surface area contributed by atoms with Crippen LogP contribution in [0.2, 0.25) is 0 Å². The molecule has 0 fully saturated rings. The van der Waals surface area contributed by atoms with Crippen molar-refractivity contribution in [2.45, 2.75) is 18.8 Å². The average Bonchev–Trinajstić information content (AvgIpc) is 3.63. The molecular formula is C52H39BBrF5IN2O2. The number of aromatic nitrogens is 2. The van der Waals surface area contributed by atoms with Crippen molar-refractivity contribution in [2.24, 2.45) is 0 Å². The Morgan fingerprint density at radius 2 is 1.00 bits per heavy atom. The Morgan fingerprint density at radius 3 is 1.44 bits per heavy atom. The number of rotatable bonds is 8. The van der Waals surface area contributed by atoms with E-state index in [2.05, 4.69) is 120 Å². The third-order valence-corrected chi connectivity index (χ3v) is 11.1. The van der Waals surface area contributed by atoms with E-state index in [9.17, 15) is 22.0 Å². The summed E-state index contributed by atoms with van der Waals surface area (Å²) in [5, 5.41) is 8.96. The summed E-state index contributed by atoms with van der Waals surface area (Å²) in [4.78, 5) is 4.44. The van der Waals surface area contributed by atoms with Gasteiger partial charge in [-0.15, -0.1) is 0 Å². The average molecular weight is 1040 g/mol. The maximum absolute atomic E-state index is 13.0. The van der Waals surface area contributed by atoms with E-state index in [-0.39, 0.29) is 23.2 Å². The van der Waals surface area contributed by atoms with Gasteiger partial charge in [0.25, 0.3) is 0 Å². The molecule has 2 aromatic heterocycles. The van der Waals surface area contributed by atoms with Gasteiger partial charge in [-0.3, -0.25) is 4.98 Å². The largest absolute Gasteiger partial charge is 0.569 e. The smallest absolute Gasteiger partial charge is 0.535 e. The highest BCUT2D eigenvalue weighted by Gasteiger charge is 2.08. The molecule has 0 spiro atoms. The molecule has 0 aliphatic rings. The lowest BCUT2D eigenvalue weighted by molar-refractivity contribution is 0.429. The lowest BCUT2D eigenvalue weighted by Crippen LogP contribution is -2.01. The highest BCUT2D eigenvalue weighted by molar-refractivity contribution is 14.1. The highest BCUT2D eigenvalue weighted by Crippen LogP contribution is 2.25. The maximum atomic E-state index is 13.0. The number of hydrogen-bond donors (Lipinski definition) is 1. The minimum absolute atomic E-state index is 0.194. The predicted octanol–water partition coefficient (Wildman–Crippen LogP) is 14.6. The van der Waals surface area contributed by atoms with Gasteiger partial charge in [-0.05, 0) is 135 Å². The molecule has 0 saturated carbocycles. The van der Waals surface area contributed by atoms with Crippen molar-refractivity contribution in [2.75, 3.05) is 0 Å². The summed E-state index contributed by atoms with van der Waals surface area (Å²) in [6.45, 7) is 2.85. The van der Waals surface area contributed by atoms with Gasteiger partial charge in [0.1, 0.15) is 34.5 Å². The zero-order valence-corrected chi connectivity index (χ0v) is 38.0. The van der Waals surface area contributed by atoms with Crippen molar-refractivity contribution in [3.63, 3.8) is 0 Å². The first kappa shape index (κ1) is 47.4. The second kappa shape index (κ2) is 23.6. The number of fused-ring (bicyclic) bond motifs is 1. The molecule has 1 radical (unpaired) electrons. The molecule has 0 bridgehead atoms. The van der Waals surface area contributed by atoms with E-state index in [1.807, 2.05) is 36.5 Å². The number of benzene rings is 7. The Morgan fingerprint density at radius 1 is 0.578 bits per heavy atom. The molecule has 1 N–H and O–H groups in total. The zero-order valence-electron chi connectivity index (χ0n) is 34.3. The van der Waals surface area contributed by atoms with Crippen molar-refractivity contribution in [3.05, 3.63) is 238 Å². The summed E-state index contributed by atoms with van der Waals surface area (Å²) < 4.78 is 70.8. The van der Waals surface area contributed by atoms with Crippen molar-refractivity contribution < 1.29 is 31.6 Å². The SMILES string of the molecule is Cc1ccc(-c2ccc(F)cc2)cc1.Fc1ccc(-c2ccc(CBr)cc2)cc1.Fc1ccc(-c2ccc(Cn3cc(I)c4ncccc43)cc2)cc1.O[B]Oc1ccc(F)cc1F. The van der Waals surface area contributed by atoms with E-state index in [1.54, 1.807) is 36.4 Å². The summed E-state index contributed by atoms with van der Waals surface area (Å²) in [7, 11) is 0.330. The molecule has 7 aromatic carbocycles. The van der Waals surface area contributed by atoms with Crippen molar-refractivity contribution in [1.29, 1.82) is 0 Å². The number of pyridine rings is 1. The lowest BCUT2D eigenvalue weighted by atomic mass is 10.0. The van der Waals surface area contributed by atoms with Gasteiger partial charge in [-0.1, -0.05) is 131 Å². The van der Waals surface area contributed by atoms with E-state index in [0.29, 0.717) is 13.8 Å². The van der Waals surface area contributed by atoms with Gasteiger partial charge in [-0.2, -0.15) is 0 Å². The van der Waals surface area contributed by atoms with Gasteiger partial charge in [0, 0.05) is 30.3 Å². The first-order chi connectivity index (χ1) is 31.0. The van der Waals surface area contributed by atoms with Gasteiger partial charge >= 0.3 is 7.69 Å². The maximum Gasteiger partial charge on any atom is 0.569 e. The Hall–Kier alpha value is -6.09. The second-order valence-corrected chi connectivity index (χ2v) is 15.9. The Bertz CT molecular complexity index is 2800. The molecule has 12 heteroatoms. The highest BCUT2D eigenvalue weighted by atomic mass is 127. The number of alkyl halides is 1. The Kier molecular flexibility index (Phi) is 17.4. The molecular weight excluding hydrogens is 997 g/mol. The molecule has 9 rings (SSSR count). The van der Waals surface area contributed by atoms with Crippen LogP contribution in [-0.4, -0.2) is 22.3 Å². The third-order valence-electron chi connectivity index (χ3n) is 9.66. The topological polar surface area (TPSA) is 47.3 Å². The Labute approximate surface area is 391 Å². The predicted molar refractivity (Wildman–Crippen MR) is 259 cm³/mol.